The summed E-state index contributed by atoms with van der Waals surface area (Å²) in [6.07, 6.45) is 3.20. The number of thiophene rings is 1. The van der Waals surface area contributed by atoms with Gasteiger partial charge in [0.2, 0.25) is 5.91 Å². The molecule has 6 heteroatoms. The van der Waals surface area contributed by atoms with E-state index in [1.165, 1.54) is 24.2 Å². The van der Waals surface area contributed by atoms with Crippen molar-refractivity contribution in [1.82, 2.24) is 9.80 Å². The quantitative estimate of drug-likeness (QED) is 0.781. The molecule has 0 unspecified atom stereocenters. The number of amides is 1. The van der Waals surface area contributed by atoms with Crippen LogP contribution in [0.15, 0.2) is 12.1 Å². The molecule has 1 aliphatic carbocycles. The minimum Gasteiger partial charge on any atom is -0.340 e. The maximum Gasteiger partial charge on any atom is 0.223 e. The summed E-state index contributed by atoms with van der Waals surface area (Å²) in [5.74, 6) is 0.110. The van der Waals surface area contributed by atoms with E-state index in [4.69, 9.17) is 11.6 Å². The first-order chi connectivity index (χ1) is 10.1. The summed E-state index contributed by atoms with van der Waals surface area (Å²) < 4.78 is 0.612. The predicted octanol–water partition coefficient (Wildman–Crippen LogP) is 2.67. The number of hydrogen-bond acceptors (Lipinski definition) is 4. The topological polar surface area (TPSA) is 40.6 Å². The number of piperazine rings is 1. The summed E-state index contributed by atoms with van der Waals surface area (Å²) in [6.45, 7) is 3.55. The Kier molecular flexibility index (Phi) is 4.62. The van der Waals surface area contributed by atoms with E-state index in [0.29, 0.717) is 15.6 Å². The summed E-state index contributed by atoms with van der Waals surface area (Å²) in [5.41, 5.74) is 0. The molecule has 0 aromatic carbocycles. The summed E-state index contributed by atoms with van der Waals surface area (Å²) in [4.78, 5) is 29.1. The standard InChI is InChI=1S/C15H19ClN2O2S/c16-14-5-4-13(21-14)12(19)3-6-15(20)18-9-7-17(8-10-18)11-1-2-11/h4-5,11H,1-3,6-10H2. The zero-order chi connectivity index (χ0) is 14.8. The third kappa shape index (κ3) is 3.84. The van der Waals surface area contributed by atoms with Crippen molar-refractivity contribution in [1.29, 1.82) is 0 Å². The van der Waals surface area contributed by atoms with Crippen LogP contribution in [0.1, 0.15) is 35.4 Å². The van der Waals surface area contributed by atoms with Crippen molar-refractivity contribution in [3.8, 4) is 0 Å². The molecule has 0 N–H and O–H groups in total. The average Bonchev–Trinajstić information content (AvgIpc) is 3.26. The number of ketones is 1. The SMILES string of the molecule is O=C(CCC(=O)N1CCN(C2CC2)CC1)c1ccc(Cl)s1. The first-order valence-corrected chi connectivity index (χ1v) is 8.63. The number of carbonyl (C=O) groups is 2. The van der Waals surface area contributed by atoms with Gasteiger partial charge in [0.05, 0.1) is 9.21 Å². The zero-order valence-electron chi connectivity index (χ0n) is 11.9. The molecule has 0 atom stereocenters. The molecule has 1 aromatic rings. The van der Waals surface area contributed by atoms with Crippen molar-refractivity contribution in [2.75, 3.05) is 26.2 Å². The monoisotopic (exact) mass is 326 g/mol. The van der Waals surface area contributed by atoms with Crippen LogP contribution in [-0.4, -0.2) is 53.7 Å². The highest BCUT2D eigenvalue weighted by molar-refractivity contribution is 7.18. The lowest BCUT2D eigenvalue weighted by atomic mass is 10.1. The molecule has 0 spiro atoms. The van der Waals surface area contributed by atoms with Crippen molar-refractivity contribution in [2.45, 2.75) is 31.7 Å². The van der Waals surface area contributed by atoms with Gasteiger partial charge in [0.15, 0.2) is 5.78 Å². The van der Waals surface area contributed by atoms with Gasteiger partial charge in [-0.1, -0.05) is 11.6 Å². The van der Waals surface area contributed by atoms with Gasteiger partial charge in [-0.2, -0.15) is 0 Å². The second kappa shape index (κ2) is 6.46. The molecule has 1 saturated heterocycles. The Bertz CT molecular complexity index is 534. The summed E-state index contributed by atoms with van der Waals surface area (Å²) in [6, 6.07) is 4.22. The second-order valence-electron chi connectivity index (χ2n) is 5.67. The van der Waals surface area contributed by atoms with Crippen molar-refractivity contribution in [3.63, 3.8) is 0 Å². The first-order valence-electron chi connectivity index (χ1n) is 7.44. The summed E-state index contributed by atoms with van der Waals surface area (Å²) >= 11 is 7.10. The van der Waals surface area contributed by atoms with Crippen LogP contribution in [0.25, 0.3) is 0 Å². The van der Waals surface area contributed by atoms with Gasteiger partial charge in [-0.25, -0.2) is 0 Å². The lowest BCUT2D eigenvalue weighted by Crippen LogP contribution is -2.49. The molecule has 1 aliphatic heterocycles. The van der Waals surface area contributed by atoms with Gasteiger partial charge in [-0.3, -0.25) is 14.5 Å². The van der Waals surface area contributed by atoms with E-state index in [2.05, 4.69) is 4.90 Å². The van der Waals surface area contributed by atoms with Gasteiger partial charge in [-0.05, 0) is 25.0 Å². The molecule has 3 rings (SSSR count). The highest BCUT2D eigenvalue weighted by atomic mass is 35.5. The Morgan fingerprint density at radius 3 is 2.43 bits per heavy atom. The van der Waals surface area contributed by atoms with Crippen LogP contribution >= 0.6 is 22.9 Å². The normalized spacial score (nSPS) is 19.8. The lowest BCUT2D eigenvalue weighted by molar-refractivity contribution is -0.133. The van der Waals surface area contributed by atoms with Crippen LogP contribution < -0.4 is 0 Å². The Hall–Kier alpha value is -0.910. The fraction of sp³-hybridized carbons (Fsp3) is 0.600. The molecular formula is C15H19ClN2O2S. The third-order valence-electron chi connectivity index (χ3n) is 4.14. The van der Waals surface area contributed by atoms with E-state index >= 15 is 0 Å². The fourth-order valence-corrected chi connectivity index (χ4v) is 3.75. The Balaban J connectivity index is 1.43. The van der Waals surface area contributed by atoms with Crippen molar-refractivity contribution in [2.24, 2.45) is 0 Å². The fourth-order valence-electron chi connectivity index (χ4n) is 2.74. The van der Waals surface area contributed by atoms with Gasteiger partial charge in [0.1, 0.15) is 0 Å². The van der Waals surface area contributed by atoms with Gasteiger partial charge in [0, 0.05) is 45.1 Å². The van der Waals surface area contributed by atoms with Crippen LogP contribution in [0.4, 0.5) is 0 Å². The molecule has 21 heavy (non-hydrogen) atoms. The summed E-state index contributed by atoms with van der Waals surface area (Å²) in [7, 11) is 0. The smallest absolute Gasteiger partial charge is 0.223 e. The molecule has 4 nitrogen and oxygen atoms in total. The number of rotatable bonds is 5. The van der Waals surface area contributed by atoms with Crippen LogP contribution in [0.2, 0.25) is 4.34 Å². The van der Waals surface area contributed by atoms with Gasteiger partial charge in [-0.15, -0.1) is 11.3 Å². The number of halogens is 1. The van der Waals surface area contributed by atoms with Crippen LogP contribution in [-0.2, 0) is 4.79 Å². The predicted molar refractivity (Wildman–Crippen MR) is 84.1 cm³/mol. The summed E-state index contributed by atoms with van der Waals surface area (Å²) in [5, 5.41) is 0. The Morgan fingerprint density at radius 1 is 1.14 bits per heavy atom. The van der Waals surface area contributed by atoms with E-state index in [-0.39, 0.29) is 18.1 Å². The maximum atomic E-state index is 12.2. The van der Waals surface area contributed by atoms with E-state index in [1.807, 2.05) is 4.90 Å². The molecule has 0 radical (unpaired) electrons. The van der Waals surface area contributed by atoms with E-state index in [9.17, 15) is 9.59 Å². The lowest BCUT2D eigenvalue weighted by Gasteiger charge is -2.34. The van der Waals surface area contributed by atoms with Crippen LogP contribution in [0.3, 0.4) is 0 Å². The van der Waals surface area contributed by atoms with Crippen LogP contribution in [0, 0.1) is 0 Å². The van der Waals surface area contributed by atoms with Crippen molar-refractivity contribution >= 4 is 34.6 Å². The largest absolute Gasteiger partial charge is 0.340 e. The average molecular weight is 327 g/mol. The van der Waals surface area contributed by atoms with Gasteiger partial charge in [0.25, 0.3) is 0 Å². The molecule has 2 fully saturated rings. The number of hydrogen-bond donors (Lipinski definition) is 0. The molecule has 114 valence electrons. The number of nitrogens with zero attached hydrogens (tertiary/aromatic N) is 2. The highest BCUT2D eigenvalue weighted by Crippen LogP contribution is 2.27. The molecule has 0 bridgehead atoms. The van der Waals surface area contributed by atoms with Crippen molar-refractivity contribution < 1.29 is 9.59 Å². The molecule has 1 saturated carbocycles. The molecule has 2 aliphatic rings. The van der Waals surface area contributed by atoms with Crippen molar-refractivity contribution in [3.05, 3.63) is 21.3 Å². The van der Waals surface area contributed by atoms with Gasteiger partial charge >= 0.3 is 0 Å². The number of Topliss-reactive ketones (excluding diaryl/α,β-unsaturated/α-hetero) is 1. The zero-order valence-corrected chi connectivity index (χ0v) is 13.5. The third-order valence-corrected chi connectivity index (χ3v) is 5.42. The Labute approximate surface area is 133 Å². The highest BCUT2D eigenvalue weighted by Gasteiger charge is 2.32. The number of carbonyl (C=O) groups excluding carboxylic acids is 2. The molecule has 1 amide bonds. The van der Waals surface area contributed by atoms with E-state index in [0.717, 1.165) is 32.2 Å². The Morgan fingerprint density at radius 2 is 1.86 bits per heavy atom. The minimum atomic E-state index is 0.0110. The molecule has 1 aromatic heterocycles. The minimum absolute atomic E-state index is 0.0110. The van der Waals surface area contributed by atoms with E-state index in [1.54, 1.807) is 12.1 Å². The van der Waals surface area contributed by atoms with Gasteiger partial charge < -0.3 is 4.90 Å². The molecule has 2 heterocycles. The van der Waals surface area contributed by atoms with E-state index < -0.39 is 0 Å². The second-order valence-corrected chi connectivity index (χ2v) is 7.39. The maximum absolute atomic E-state index is 12.2. The molecular weight excluding hydrogens is 308 g/mol. The van der Waals surface area contributed by atoms with Crippen LogP contribution in [0.5, 0.6) is 0 Å². The first kappa shape index (κ1) is 15.0.